The van der Waals surface area contributed by atoms with E-state index < -0.39 is 17.9 Å². The molecule has 206 valence electrons. The number of aromatic nitrogens is 1. The number of rotatable bonds is 10. The number of benzene rings is 4. The Hall–Kier alpha value is -4.43. The number of halogens is 2. The van der Waals surface area contributed by atoms with Crippen molar-refractivity contribution in [3.63, 3.8) is 0 Å². The highest BCUT2D eigenvalue weighted by atomic mass is 35.5. The molecule has 0 saturated carbocycles. The first-order valence-corrected chi connectivity index (χ1v) is 13.4. The lowest BCUT2D eigenvalue weighted by Gasteiger charge is -2.14. The minimum absolute atomic E-state index is 0.0974. The van der Waals surface area contributed by atoms with E-state index in [2.05, 4.69) is 10.3 Å². The van der Waals surface area contributed by atoms with Gasteiger partial charge in [0.05, 0.1) is 23.3 Å². The molecule has 0 aliphatic heterocycles. The summed E-state index contributed by atoms with van der Waals surface area (Å²) in [7, 11) is 0. The lowest BCUT2D eigenvalue weighted by Crippen LogP contribution is -2.44. The van der Waals surface area contributed by atoms with Gasteiger partial charge in [0.15, 0.2) is 17.5 Å². The standard InChI is InChI=1S/C32H24Cl2N2O5/c33-25-16-15-24(17-26(25)34)29-28(30(37)35-27(32(38)39)19-40-18-20-7-3-1-4-8-20)36-31(41-29)23-13-11-22(12-14-23)21-9-5-2-6-10-21/h1-17,27H,18-19H2,(H,35,37)(H,38,39). The third-order valence-electron chi connectivity index (χ3n) is 6.26. The quantitative estimate of drug-likeness (QED) is 0.177. The second kappa shape index (κ2) is 12.8. The molecule has 0 aliphatic rings. The number of aliphatic carboxylic acids is 1. The van der Waals surface area contributed by atoms with E-state index in [0.717, 1.165) is 16.7 Å². The van der Waals surface area contributed by atoms with Gasteiger partial charge in [0, 0.05) is 11.1 Å². The largest absolute Gasteiger partial charge is 0.480 e. The first kappa shape index (κ1) is 28.1. The number of hydrogen-bond donors (Lipinski definition) is 2. The Morgan fingerprint density at radius 1 is 0.805 bits per heavy atom. The Morgan fingerprint density at radius 2 is 1.41 bits per heavy atom. The minimum Gasteiger partial charge on any atom is -0.480 e. The van der Waals surface area contributed by atoms with Crippen molar-refractivity contribution in [2.45, 2.75) is 12.6 Å². The van der Waals surface area contributed by atoms with Crippen molar-refractivity contribution in [1.29, 1.82) is 0 Å². The van der Waals surface area contributed by atoms with Crippen molar-refractivity contribution >= 4 is 35.1 Å². The molecule has 1 atom stereocenters. The maximum atomic E-state index is 13.4. The van der Waals surface area contributed by atoms with E-state index in [0.29, 0.717) is 16.1 Å². The maximum absolute atomic E-state index is 13.4. The predicted octanol–water partition coefficient (Wildman–Crippen LogP) is 7.38. The molecule has 0 fully saturated rings. The summed E-state index contributed by atoms with van der Waals surface area (Å²) in [6.07, 6.45) is 0. The molecule has 1 heterocycles. The van der Waals surface area contributed by atoms with Gasteiger partial charge < -0.3 is 19.6 Å². The number of ether oxygens (including phenoxy) is 1. The van der Waals surface area contributed by atoms with E-state index in [1.807, 2.05) is 84.9 Å². The predicted molar refractivity (Wildman–Crippen MR) is 158 cm³/mol. The van der Waals surface area contributed by atoms with Crippen molar-refractivity contribution in [1.82, 2.24) is 10.3 Å². The Bertz CT molecular complexity index is 1660. The third kappa shape index (κ3) is 6.84. The van der Waals surface area contributed by atoms with Crippen LogP contribution in [0.1, 0.15) is 16.1 Å². The van der Waals surface area contributed by atoms with Gasteiger partial charge in [-0.25, -0.2) is 9.78 Å². The molecule has 41 heavy (non-hydrogen) atoms. The summed E-state index contributed by atoms with van der Waals surface area (Å²) < 4.78 is 11.7. The summed E-state index contributed by atoms with van der Waals surface area (Å²) in [6, 6.07) is 30.2. The van der Waals surface area contributed by atoms with Crippen LogP contribution < -0.4 is 5.32 Å². The average Bonchev–Trinajstić information content (AvgIpc) is 3.45. The number of carbonyl (C=O) groups excluding carboxylic acids is 1. The summed E-state index contributed by atoms with van der Waals surface area (Å²) in [4.78, 5) is 29.8. The third-order valence-corrected chi connectivity index (χ3v) is 7.00. The zero-order chi connectivity index (χ0) is 28.8. The van der Waals surface area contributed by atoms with Crippen LogP contribution in [0.3, 0.4) is 0 Å². The van der Waals surface area contributed by atoms with E-state index in [4.69, 9.17) is 32.4 Å². The second-order valence-electron chi connectivity index (χ2n) is 9.13. The number of nitrogens with zero attached hydrogens (tertiary/aromatic N) is 1. The van der Waals surface area contributed by atoms with Crippen molar-refractivity contribution < 1.29 is 23.8 Å². The number of oxazole rings is 1. The molecule has 0 spiro atoms. The molecule has 1 aromatic heterocycles. The van der Waals surface area contributed by atoms with Crippen LogP contribution in [0.25, 0.3) is 33.9 Å². The Morgan fingerprint density at radius 3 is 2.07 bits per heavy atom. The van der Waals surface area contributed by atoms with Crippen LogP contribution in [0.15, 0.2) is 108 Å². The summed E-state index contributed by atoms with van der Waals surface area (Å²) in [5, 5.41) is 12.9. The smallest absolute Gasteiger partial charge is 0.328 e. The van der Waals surface area contributed by atoms with Crippen molar-refractivity contribution in [2.24, 2.45) is 0 Å². The normalized spacial score (nSPS) is 11.7. The summed E-state index contributed by atoms with van der Waals surface area (Å²) >= 11 is 12.3. The lowest BCUT2D eigenvalue weighted by molar-refractivity contribution is -0.141. The fourth-order valence-electron chi connectivity index (χ4n) is 4.14. The molecule has 4 aromatic carbocycles. The number of carboxylic acid groups (broad SMARTS) is 1. The molecule has 5 rings (SSSR count). The van der Waals surface area contributed by atoms with Crippen LogP contribution in [0.5, 0.6) is 0 Å². The van der Waals surface area contributed by atoms with Gasteiger partial charge in [-0.2, -0.15) is 0 Å². The number of carbonyl (C=O) groups is 2. The highest BCUT2D eigenvalue weighted by Gasteiger charge is 2.27. The molecular formula is C32H24Cl2N2O5. The van der Waals surface area contributed by atoms with Crippen LogP contribution in [0.4, 0.5) is 0 Å². The van der Waals surface area contributed by atoms with Crippen molar-refractivity contribution in [2.75, 3.05) is 6.61 Å². The fraction of sp³-hybridized carbons (Fsp3) is 0.0938. The molecular weight excluding hydrogens is 563 g/mol. The molecule has 2 N–H and O–H groups in total. The van der Waals surface area contributed by atoms with Crippen molar-refractivity contribution in [3.8, 4) is 33.9 Å². The van der Waals surface area contributed by atoms with Crippen molar-refractivity contribution in [3.05, 3.63) is 124 Å². The first-order chi connectivity index (χ1) is 19.9. The molecule has 1 amide bonds. The SMILES string of the molecule is O=C(NC(COCc1ccccc1)C(=O)O)c1nc(-c2ccc(-c3ccccc3)cc2)oc1-c1ccc(Cl)c(Cl)c1. The van der Waals surface area contributed by atoms with Gasteiger partial charge in [-0.05, 0) is 47.0 Å². The lowest BCUT2D eigenvalue weighted by atomic mass is 10.0. The van der Waals surface area contributed by atoms with E-state index in [-0.39, 0.29) is 35.6 Å². The highest BCUT2D eigenvalue weighted by molar-refractivity contribution is 6.42. The zero-order valence-corrected chi connectivity index (χ0v) is 23.1. The number of amides is 1. The molecule has 9 heteroatoms. The van der Waals surface area contributed by atoms with Gasteiger partial charge in [0.25, 0.3) is 5.91 Å². The van der Waals surface area contributed by atoms with Crippen LogP contribution in [-0.4, -0.2) is 34.6 Å². The number of hydrogen-bond acceptors (Lipinski definition) is 5. The Kier molecular flexibility index (Phi) is 8.79. The summed E-state index contributed by atoms with van der Waals surface area (Å²) in [5.74, 6) is -1.68. The van der Waals surface area contributed by atoms with Gasteiger partial charge in [-0.15, -0.1) is 0 Å². The van der Waals surface area contributed by atoms with E-state index >= 15 is 0 Å². The molecule has 0 bridgehead atoms. The van der Waals surface area contributed by atoms with Crippen LogP contribution in [0, 0.1) is 0 Å². The maximum Gasteiger partial charge on any atom is 0.328 e. The Balaban J connectivity index is 1.42. The molecule has 0 radical (unpaired) electrons. The van der Waals surface area contributed by atoms with E-state index in [1.54, 1.807) is 18.2 Å². The molecule has 5 aromatic rings. The summed E-state index contributed by atoms with van der Waals surface area (Å²) in [5.41, 5.74) is 3.92. The number of carboxylic acids is 1. The molecule has 0 aliphatic carbocycles. The molecule has 1 unspecified atom stereocenters. The Labute approximate surface area is 246 Å². The monoisotopic (exact) mass is 586 g/mol. The van der Waals surface area contributed by atoms with Gasteiger partial charge in [-0.3, -0.25) is 4.79 Å². The first-order valence-electron chi connectivity index (χ1n) is 12.7. The molecule has 0 saturated heterocycles. The number of nitrogens with one attached hydrogen (secondary N) is 1. The highest BCUT2D eigenvalue weighted by Crippen LogP contribution is 2.34. The van der Waals surface area contributed by atoms with Crippen LogP contribution in [0.2, 0.25) is 10.0 Å². The average molecular weight is 587 g/mol. The fourth-order valence-corrected chi connectivity index (χ4v) is 4.43. The minimum atomic E-state index is -1.32. The van der Waals surface area contributed by atoms with E-state index in [1.165, 1.54) is 0 Å². The van der Waals surface area contributed by atoms with Crippen LogP contribution >= 0.6 is 23.2 Å². The van der Waals surface area contributed by atoms with Gasteiger partial charge in [0.2, 0.25) is 5.89 Å². The van der Waals surface area contributed by atoms with Gasteiger partial charge in [0.1, 0.15) is 0 Å². The van der Waals surface area contributed by atoms with E-state index in [9.17, 15) is 14.7 Å². The van der Waals surface area contributed by atoms with Gasteiger partial charge >= 0.3 is 5.97 Å². The second-order valence-corrected chi connectivity index (χ2v) is 9.95. The summed E-state index contributed by atoms with van der Waals surface area (Å²) in [6.45, 7) is -0.0498. The van der Waals surface area contributed by atoms with Crippen LogP contribution in [-0.2, 0) is 16.1 Å². The zero-order valence-electron chi connectivity index (χ0n) is 21.6. The molecule has 7 nitrogen and oxygen atoms in total. The topological polar surface area (TPSA) is 102 Å². The van der Waals surface area contributed by atoms with Gasteiger partial charge in [-0.1, -0.05) is 96.0 Å².